The number of hydrogen-bond acceptors (Lipinski definition) is 1. The summed E-state index contributed by atoms with van der Waals surface area (Å²) in [5, 5.41) is 7.44. The Kier molecular flexibility index (Phi) is 8.91. The summed E-state index contributed by atoms with van der Waals surface area (Å²) in [5.74, 6) is 0. The first-order chi connectivity index (χ1) is 31.5. The summed E-state index contributed by atoms with van der Waals surface area (Å²) >= 11 is 0. The molecule has 0 heterocycles. The Morgan fingerprint density at radius 1 is 0.297 bits per heavy atom. The molecule has 1 aliphatic carbocycles. The SMILES string of the molecule is CC1(C)c2ccccc2-c2ccc(N(c3ccc(-c4ccc5ccccc5c4)cc3)c3cccc(-c4ccccc4-c4ccccc4)c3-c3cc4ccccc4c4ccccc34)cc21. The zero-order valence-corrected chi connectivity index (χ0v) is 36.0. The average Bonchev–Trinajstić information content (AvgIpc) is 3.59. The molecule has 1 aliphatic rings. The van der Waals surface area contributed by atoms with Crippen molar-refractivity contribution in [2.75, 3.05) is 4.90 Å². The van der Waals surface area contributed by atoms with E-state index in [1.54, 1.807) is 0 Å². The van der Waals surface area contributed by atoms with E-state index in [0.29, 0.717) is 0 Å². The summed E-state index contributed by atoms with van der Waals surface area (Å²) in [7, 11) is 0. The Morgan fingerprint density at radius 2 is 0.891 bits per heavy atom. The van der Waals surface area contributed by atoms with E-state index in [0.717, 1.165) is 17.1 Å². The third kappa shape index (κ3) is 6.15. The minimum atomic E-state index is -0.165. The molecule has 12 rings (SSSR count). The van der Waals surface area contributed by atoms with Crippen molar-refractivity contribution in [3.63, 3.8) is 0 Å². The van der Waals surface area contributed by atoms with Gasteiger partial charge in [0, 0.05) is 22.4 Å². The molecule has 0 unspecified atom stereocenters. The first-order valence-electron chi connectivity index (χ1n) is 22.3. The van der Waals surface area contributed by atoms with E-state index < -0.39 is 0 Å². The highest BCUT2D eigenvalue weighted by Gasteiger charge is 2.36. The molecule has 0 spiro atoms. The number of nitrogens with zero attached hydrogens (tertiary/aromatic N) is 1. The van der Waals surface area contributed by atoms with Crippen molar-refractivity contribution in [1.82, 2.24) is 0 Å². The van der Waals surface area contributed by atoms with Crippen molar-refractivity contribution >= 4 is 49.4 Å². The van der Waals surface area contributed by atoms with E-state index in [1.165, 1.54) is 99.1 Å². The minimum Gasteiger partial charge on any atom is -0.310 e. The normalized spacial score (nSPS) is 12.7. The van der Waals surface area contributed by atoms with Crippen LogP contribution in [0, 0.1) is 0 Å². The Bertz CT molecular complexity index is 3580. The first kappa shape index (κ1) is 37.7. The summed E-state index contributed by atoms with van der Waals surface area (Å²) in [6, 6.07) is 87.5. The Labute approximate surface area is 375 Å². The van der Waals surface area contributed by atoms with Gasteiger partial charge in [0.15, 0.2) is 0 Å². The molecular weight excluding hydrogens is 771 g/mol. The van der Waals surface area contributed by atoms with Crippen LogP contribution in [0.5, 0.6) is 0 Å². The Balaban J connectivity index is 1.15. The van der Waals surface area contributed by atoms with Gasteiger partial charge in [-0.1, -0.05) is 208 Å². The highest BCUT2D eigenvalue weighted by molar-refractivity contribution is 6.17. The van der Waals surface area contributed by atoms with Gasteiger partial charge in [-0.15, -0.1) is 0 Å². The van der Waals surface area contributed by atoms with Gasteiger partial charge in [0.25, 0.3) is 0 Å². The van der Waals surface area contributed by atoms with Crippen LogP contribution >= 0.6 is 0 Å². The van der Waals surface area contributed by atoms with Gasteiger partial charge in [0.1, 0.15) is 0 Å². The lowest BCUT2D eigenvalue weighted by atomic mass is 9.82. The Hall–Kier alpha value is -8.00. The quantitative estimate of drug-likeness (QED) is 0.145. The third-order valence-electron chi connectivity index (χ3n) is 13.7. The molecule has 0 aliphatic heterocycles. The largest absolute Gasteiger partial charge is 0.310 e. The molecule has 0 saturated carbocycles. The lowest BCUT2D eigenvalue weighted by Crippen LogP contribution is -2.17. The molecular formula is C63H45N. The maximum absolute atomic E-state index is 2.51. The zero-order valence-electron chi connectivity index (χ0n) is 36.0. The van der Waals surface area contributed by atoms with Gasteiger partial charge < -0.3 is 4.90 Å². The lowest BCUT2D eigenvalue weighted by Gasteiger charge is -2.31. The van der Waals surface area contributed by atoms with Gasteiger partial charge in [-0.3, -0.25) is 0 Å². The van der Waals surface area contributed by atoms with E-state index in [-0.39, 0.29) is 5.41 Å². The van der Waals surface area contributed by atoms with Crippen LogP contribution in [0.2, 0.25) is 0 Å². The molecule has 11 aromatic rings. The van der Waals surface area contributed by atoms with Gasteiger partial charge in [0.2, 0.25) is 0 Å². The second kappa shape index (κ2) is 15.1. The first-order valence-corrected chi connectivity index (χ1v) is 22.3. The zero-order chi connectivity index (χ0) is 42.8. The second-order valence-electron chi connectivity index (χ2n) is 17.6. The van der Waals surface area contributed by atoms with E-state index >= 15 is 0 Å². The molecule has 0 amide bonds. The number of hydrogen-bond donors (Lipinski definition) is 0. The number of fused-ring (bicyclic) bond motifs is 7. The van der Waals surface area contributed by atoms with Gasteiger partial charge in [0.05, 0.1) is 5.69 Å². The van der Waals surface area contributed by atoms with Crippen molar-refractivity contribution < 1.29 is 0 Å². The lowest BCUT2D eigenvalue weighted by molar-refractivity contribution is 0.660. The standard InChI is InChI=1S/C63H45N/c1-63(2)59-29-15-14-27-55(59)56-38-37-49(41-60(56)63)64(48-35-33-43(34-36-48)46-32-31-42-17-6-7-20-45(42)39-46)61-30-16-28-57(53-25-11-10-22-50(53)44-18-4-3-5-19-44)62(61)58-40-47-21-8-9-23-51(47)52-24-12-13-26-54(52)58/h3-41H,1-2H3. The van der Waals surface area contributed by atoms with E-state index in [4.69, 9.17) is 0 Å². The van der Waals surface area contributed by atoms with Crippen LogP contribution in [0.25, 0.3) is 88.0 Å². The van der Waals surface area contributed by atoms with Crippen LogP contribution in [-0.4, -0.2) is 0 Å². The third-order valence-corrected chi connectivity index (χ3v) is 13.7. The van der Waals surface area contributed by atoms with Crippen molar-refractivity contribution in [3.05, 3.63) is 248 Å². The van der Waals surface area contributed by atoms with Gasteiger partial charge >= 0.3 is 0 Å². The topological polar surface area (TPSA) is 3.24 Å². The van der Waals surface area contributed by atoms with Crippen LogP contribution in [0.15, 0.2) is 237 Å². The molecule has 64 heavy (non-hydrogen) atoms. The van der Waals surface area contributed by atoms with Crippen molar-refractivity contribution in [2.45, 2.75) is 19.3 Å². The molecule has 0 atom stereocenters. The number of rotatable bonds is 7. The Morgan fingerprint density at radius 3 is 1.70 bits per heavy atom. The highest BCUT2D eigenvalue weighted by atomic mass is 15.1. The van der Waals surface area contributed by atoms with Gasteiger partial charge in [-0.2, -0.15) is 0 Å². The summed E-state index contributed by atoms with van der Waals surface area (Å²) < 4.78 is 0. The highest BCUT2D eigenvalue weighted by Crippen LogP contribution is 2.53. The summed E-state index contributed by atoms with van der Waals surface area (Å²) in [5.41, 5.74) is 18.1. The minimum absolute atomic E-state index is 0.165. The second-order valence-corrected chi connectivity index (χ2v) is 17.6. The monoisotopic (exact) mass is 815 g/mol. The van der Waals surface area contributed by atoms with Crippen molar-refractivity contribution in [3.8, 4) is 55.6 Å². The van der Waals surface area contributed by atoms with Gasteiger partial charge in [-0.05, 0) is 136 Å². The summed E-state index contributed by atoms with van der Waals surface area (Å²) in [6.45, 7) is 4.75. The molecule has 0 bridgehead atoms. The van der Waals surface area contributed by atoms with Crippen molar-refractivity contribution in [1.29, 1.82) is 0 Å². The van der Waals surface area contributed by atoms with Crippen LogP contribution in [0.4, 0.5) is 17.1 Å². The van der Waals surface area contributed by atoms with E-state index in [1.807, 2.05) is 0 Å². The average molecular weight is 816 g/mol. The molecule has 0 aromatic heterocycles. The van der Waals surface area contributed by atoms with Crippen LogP contribution in [0.1, 0.15) is 25.0 Å². The van der Waals surface area contributed by atoms with E-state index in [9.17, 15) is 0 Å². The summed E-state index contributed by atoms with van der Waals surface area (Å²) in [6.07, 6.45) is 0. The molecule has 0 saturated heterocycles. The maximum Gasteiger partial charge on any atom is 0.0546 e. The van der Waals surface area contributed by atoms with Crippen molar-refractivity contribution in [2.24, 2.45) is 0 Å². The molecule has 0 N–H and O–H groups in total. The molecule has 0 fully saturated rings. The predicted molar refractivity (Wildman–Crippen MR) is 273 cm³/mol. The van der Waals surface area contributed by atoms with Crippen LogP contribution in [-0.2, 0) is 5.41 Å². The molecule has 1 heteroatoms. The smallest absolute Gasteiger partial charge is 0.0546 e. The van der Waals surface area contributed by atoms with Gasteiger partial charge in [-0.25, -0.2) is 0 Å². The number of benzene rings is 11. The van der Waals surface area contributed by atoms with E-state index in [2.05, 4.69) is 255 Å². The predicted octanol–water partition coefficient (Wildman–Crippen LogP) is 17.6. The fraction of sp³-hybridized carbons (Fsp3) is 0.0476. The molecule has 0 radical (unpaired) electrons. The fourth-order valence-corrected chi connectivity index (χ4v) is 10.5. The molecule has 1 nitrogen and oxygen atoms in total. The molecule has 302 valence electrons. The summed E-state index contributed by atoms with van der Waals surface area (Å²) in [4.78, 5) is 2.51. The van der Waals surface area contributed by atoms with Crippen LogP contribution < -0.4 is 4.90 Å². The van der Waals surface area contributed by atoms with Crippen LogP contribution in [0.3, 0.4) is 0 Å². The maximum atomic E-state index is 2.51. The fourth-order valence-electron chi connectivity index (χ4n) is 10.5. The number of anilines is 3. The molecule has 11 aromatic carbocycles.